The van der Waals surface area contributed by atoms with Crippen molar-refractivity contribution in [1.82, 2.24) is 0 Å². The van der Waals surface area contributed by atoms with E-state index in [-0.39, 0.29) is 27.8 Å². The molecule has 1 aromatic carbocycles. The standard InChI is InChI=1S/C16H14F6N2OS2/c1-2-3-11(26)13(25)24-6-7-27-12-8-9(4-5-10(12)24)14(23,15(17,18)19)16(20,21)22/h2-5,8,26H,1,6-7,23H2/b11-3-. The van der Waals surface area contributed by atoms with Crippen LogP contribution in [0.2, 0.25) is 0 Å². The van der Waals surface area contributed by atoms with Crippen molar-refractivity contribution in [3.05, 3.63) is 47.4 Å². The summed E-state index contributed by atoms with van der Waals surface area (Å²) in [6.45, 7) is 3.65. The molecule has 0 radical (unpaired) electrons. The summed E-state index contributed by atoms with van der Waals surface area (Å²) in [5.74, 6) is -0.259. The van der Waals surface area contributed by atoms with E-state index in [9.17, 15) is 31.1 Å². The van der Waals surface area contributed by atoms with E-state index in [2.05, 4.69) is 19.2 Å². The molecule has 0 saturated carbocycles. The van der Waals surface area contributed by atoms with Gasteiger partial charge in [0.25, 0.3) is 5.91 Å². The Balaban J connectivity index is 2.55. The molecule has 0 bridgehead atoms. The van der Waals surface area contributed by atoms with Crippen LogP contribution in [-0.4, -0.2) is 30.6 Å². The van der Waals surface area contributed by atoms with E-state index in [1.165, 1.54) is 17.1 Å². The molecule has 1 heterocycles. The van der Waals surface area contributed by atoms with Gasteiger partial charge in [0, 0.05) is 17.2 Å². The average molecular weight is 428 g/mol. The number of hydrogen-bond acceptors (Lipinski definition) is 4. The number of alkyl halides is 6. The van der Waals surface area contributed by atoms with Crippen LogP contribution in [0.15, 0.2) is 46.7 Å². The Bertz CT molecular complexity index is 774. The highest BCUT2D eigenvalue weighted by molar-refractivity contribution is 7.99. The number of anilines is 1. The van der Waals surface area contributed by atoms with Gasteiger partial charge in [-0.2, -0.15) is 26.3 Å². The van der Waals surface area contributed by atoms with Crippen molar-refractivity contribution in [3.8, 4) is 0 Å². The minimum absolute atomic E-state index is 0.0330. The highest BCUT2D eigenvalue weighted by atomic mass is 32.2. The van der Waals surface area contributed by atoms with Gasteiger partial charge in [-0.1, -0.05) is 18.7 Å². The maximum atomic E-state index is 13.2. The number of nitrogens with zero attached hydrogens (tertiary/aromatic N) is 1. The Hall–Kier alpha value is -1.59. The summed E-state index contributed by atoms with van der Waals surface area (Å²) in [5.41, 5.74) is -0.650. The third-order valence-corrected chi connectivity index (χ3v) is 5.28. The number of rotatable bonds is 3. The molecule has 11 heteroatoms. The van der Waals surface area contributed by atoms with E-state index in [0.717, 1.165) is 23.9 Å². The molecule has 1 amide bonds. The smallest absolute Gasteiger partial charge is 0.306 e. The van der Waals surface area contributed by atoms with Crippen LogP contribution in [0.25, 0.3) is 0 Å². The molecule has 2 rings (SSSR count). The zero-order valence-electron chi connectivity index (χ0n) is 13.6. The van der Waals surface area contributed by atoms with Crippen molar-refractivity contribution < 1.29 is 31.1 Å². The van der Waals surface area contributed by atoms with Gasteiger partial charge in [-0.3, -0.25) is 4.79 Å². The Morgan fingerprint density at radius 2 is 1.81 bits per heavy atom. The highest BCUT2D eigenvalue weighted by Crippen LogP contribution is 2.49. The van der Waals surface area contributed by atoms with Gasteiger partial charge in [0.15, 0.2) is 0 Å². The first-order chi connectivity index (χ1) is 12.3. The second-order valence-corrected chi connectivity index (χ2v) is 7.20. The minimum atomic E-state index is -5.75. The van der Waals surface area contributed by atoms with Crippen molar-refractivity contribution in [2.24, 2.45) is 5.73 Å². The summed E-state index contributed by atoms with van der Waals surface area (Å²) in [5, 5.41) is 0. The monoisotopic (exact) mass is 428 g/mol. The fourth-order valence-electron chi connectivity index (χ4n) is 2.49. The zero-order valence-corrected chi connectivity index (χ0v) is 15.3. The molecule has 1 aliphatic heterocycles. The molecule has 0 atom stereocenters. The molecule has 1 aliphatic rings. The van der Waals surface area contributed by atoms with Crippen LogP contribution in [0.5, 0.6) is 0 Å². The van der Waals surface area contributed by atoms with Crippen LogP contribution in [-0.2, 0) is 10.3 Å². The van der Waals surface area contributed by atoms with E-state index >= 15 is 0 Å². The maximum absolute atomic E-state index is 13.2. The summed E-state index contributed by atoms with van der Waals surface area (Å²) in [6.07, 6.45) is -8.84. The summed E-state index contributed by atoms with van der Waals surface area (Å²) in [4.78, 5) is 13.7. The van der Waals surface area contributed by atoms with Gasteiger partial charge in [-0.15, -0.1) is 24.4 Å². The Morgan fingerprint density at radius 3 is 2.33 bits per heavy atom. The van der Waals surface area contributed by atoms with E-state index in [1.54, 1.807) is 0 Å². The predicted molar refractivity (Wildman–Crippen MR) is 94.8 cm³/mol. The quantitative estimate of drug-likeness (QED) is 0.325. The van der Waals surface area contributed by atoms with Crippen molar-refractivity contribution >= 4 is 36.0 Å². The molecule has 3 nitrogen and oxygen atoms in total. The van der Waals surface area contributed by atoms with Gasteiger partial charge in [0.2, 0.25) is 5.54 Å². The van der Waals surface area contributed by atoms with E-state index in [0.29, 0.717) is 6.07 Å². The third-order valence-electron chi connectivity index (χ3n) is 3.91. The lowest BCUT2D eigenvalue weighted by Crippen LogP contribution is -2.60. The number of fused-ring (bicyclic) bond motifs is 1. The first-order valence-corrected chi connectivity index (χ1v) is 8.81. The first kappa shape index (κ1) is 21.7. The van der Waals surface area contributed by atoms with Crippen LogP contribution in [0.4, 0.5) is 32.0 Å². The van der Waals surface area contributed by atoms with Gasteiger partial charge >= 0.3 is 12.4 Å². The van der Waals surface area contributed by atoms with Gasteiger partial charge < -0.3 is 10.6 Å². The molecule has 2 N–H and O–H groups in total. The van der Waals surface area contributed by atoms with Crippen molar-refractivity contribution in [2.45, 2.75) is 22.8 Å². The Labute approximate surface area is 160 Å². The number of hydrogen-bond donors (Lipinski definition) is 2. The van der Waals surface area contributed by atoms with Crippen LogP contribution in [0.3, 0.4) is 0 Å². The number of allylic oxidation sites excluding steroid dienone is 2. The second kappa shape index (κ2) is 7.44. The van der Waals surface area contributed by atoms with Crippen molar-refractivity contribution in [3.63, 3.8) is 0 Å². The lowest BCUT2D eigenvalue weighted by molar-refractivity contribution is -0.301. The SMILES string of the molecule is C=C/C=C(\S)C(=O)N1CCSc2cc(C(N)(C(F)(F)F)C(F)(F)F)ccc21. The van der Waals surface area contributed by atoms with Gasteiger partial charge in [0.05, 0.1) is 10.6 Å². The summed E-state index contributed by atoms with van der Waals surface area (Å²) in [6, 6.07) is 2.40. The van der Waals surface area contributed by atoms with Gasteiger partial charge in [-0.05, 0) is 23.8 Å². The molecule has 27 heavy (non-hydrogen) atoms. The Kier molecular flexibility index (Phi) is 5.98. The fourth-order valence-corrected chi connectivity index (χ4v) is 3.74. The molecular formula is C16H14F6N2OS2. The minimum Gasteiger partial charge on any atom is -0.306 e. The number of amides is 1. The molecular weight excluding hydrogens is 414 g/mol. The molecule has 0 saturated heterocycles. The number of carbonyl (C=O) groups excluding carboxylic acids is 1. The molecule has 0 unspecified atom stereocenters. The zero-order chi connectivity index (χ0) is 20.6. The Morgan fingerprint density at radius 1 is 1.22 bits per heavy atom. The number of nitrogens with two attached hydrogens (primary N) is 1. The number of thiol groups is 1. The normalized spacial score (nSPS) is 16.1. The number of halogens is 6. The van der Waals surface area contributed by atoms with E-state index in [4.69, 9.17) is 5.73 Å². The average Bonchev–Trinajstić information content (AvgIpc) is 2.57. The van der Waals surface area contributed by atoms with Crippen molar-refractivity contribution in [1.29, 1.82) is 0 Å². The topological polar surface area (TPSA) is 46.3 Å². The molecule has 0 fully saturated rings. The maximum Gasteiger partial charge on any atom is 0.419 e. The predicted octanol–water partition coefficient (Wildman–Crippen LogP) is 4.40. The van der Waals surface area contributed by atoms with Gasteiger partial charge in [-0.25, -0.2) is 0 Å². The van der Waals surface area contributed by atoms with E-state index < -0.39 is 29.4 Å². The van der Waals surface area contributed by atoms with E-state index in [1.807, 2.05) is 0 Å². The summed E-state index contributed by atoms with van der Waals surface area (Å²) < 4.78 is 79.0. The van der Waals surface area contributed by atoms with Crippen LogP contribution in [0, 0.1) is 0 Å². The lowest BCUT2D eigenvalue weighted by atomic mass is 9.89. The molecule has 0 aliphatic carbocycles. The van der Waals surface area contributed by atoms with Gasteiger partial charge in [0.1, 0.15) is 0 Å². The molecule has 0 aromatic heterocycles. The first-order valence-electron chi connectivity index (χ1n) is 7.37. The molecule has 148 valence electrons. The van der Waals surface area contributed by atoms with Crippen LogP contribution in [0.1, 0.15) is 5.56 Å². The van der Waals surface area contributed by atoms with Crippen LogP contribution < -0.4 is 10.6 Å². The number of benzene rings is 1. The van der Waals surface area contributed by atoms with Crippen molar-refractivity contribution in [2.75, 3.05) is 17.2 Å². The summed E-state index contributed by atoms with van der Waals surface area (Å²) in [7, 11) is 0. The summed E-state index contributed by atoms with van der Waals surface area (Å²) >= 11 is 5.06. The highest BCUT2D eigenvalue weighted by Gasteiger charge is 2.69. The lowest BCUT2D eigenvalue weighted by Gasteiger charge is -2.35. The number of thioether (sulfide) groups is 1. The fraction of sp³-hybridized carbons (Fsp3) is 0.312. The third kappa shape index (κ3) is 3.85. The van der Waals surface area contributed by atoms with Crippen LogP contribution >= 0.6 is 24.4 Å². The second-order valence-electron chi connectivity index (χ2n) is 5.58. The largest absolute Gasteiger partial charge is 0.419 e. The molecule has 0 spiro atoms. The number of carbonyl (C=O) groups is 1. The molecule has 1 aromatic rings.